The Morgan fingerprint density at radius 1 is 0.889 bits per heavy atom. The molecule has 1 unspecified atom stereocenters. The third kappa shape index (κ3) is 6.19. The normalized spacial score (nSPS) is 20.0. The van der Waals surface area contributed by atoms with E-state index in [1.54, 1.807) is 0 Å². The molecule has 1 saturated carbocycles. The van der Waals surface area contributed by atoms with E-state index in [-0.39, 0.29) is 6.10 Å². The van der Waals surface area contributed by atoms with Crippen LogP contribution in [-0.2, 0) is 0 Å². The molecule has 1 N–H and O–H groups in total. The first-order valence-corrected chi connectivity index (χ1v) is 7.89. The quantitative estimate of drug-likeness (QED) is 0.752. The molecule has 1 fully saturated rings. The molecule has 2 heteroatoms. The zero-order valence-electron chi connectivity index (χ0n) is 12.9. The number of nitrogens with zero attached hydrogens (tertiary/aromatic N) is 1. The van der Waals surface area contributed by atoms with Crippen molar-refractivity contribution in [2.45, 2.75) is 65.9 Å². The Morgan fingerprint density at radius 3 is 1.83 bits per heavy atom. The highest BCUT2D eigenvalue weighted by atomic mass is 16.3. The lowest BCUT2D eigenvalue weighted by Crippen LogP contribution is -2.40. The Balaban J connectivity index is 2.41. The minimum absolute atomic E-state index is 0.109. The average Bonchev–Trinajstić information content (AvgIpc) is 2.28. The van der Waals surface area contributed by atoms with Crippen LogP contribution in [0.25, 0.3) is 0 Å². The largest absolute Gasteiger partial charge is 0.392 e. The molecule has 1 aliphatic carbocycles. The predicted octanol–water partition coefficient (Wildman–Crippen LogP) is 3.54. The van der Waals surface area contributed by atoms with Crippen LogP contribution in [0.4, 0.5) is 0 Å². The van der Waals surface area contributed by atoms with Crippen molar-refractivity contribution in [3.63, 3.8) is 0 Å². The number of aliphatic hydroxyl groups is 1. The fourth-order valence-corrected chi connectivity index (χ4v) is 3.19. The van der Waals surface area contributed by atoms with Gasteiger partial charge in [0.25, 0.3) is 0 Å². The Hall–Kier alpha value is -0.0800. The lowest BCUT2D eigenvalue weighted by molar-refractivity contribution is 0.0406. The second-order valence-corrected chi connectivity index (χ2v) is 6.97. The van der Waals surface area contributed by atoms with Crippen molar-refractivity contribution < 1.29 is 5.11 Å². The predicted molar refractivity (Wildman–Crippen MR) is 78.7 cm³/mol. The van der Waals surface area contributed by atoms with Crippen LogP contribution in [0.2, 0.25) is 0 Å². The van der Waals surface area contributed by atoms with Gasteiger partial charge in [-0.3, -0.25) is 0 Å². The van der Waals surface area contributed by atoms with Crippen molar-refractivity contribution in [3.05, 3.63) is 0 Å². The second-order valence-electron chi connectivity index (χ2n) is 6.97. The van der Waals surface area contributed by atoms with Crippen LogP contribution in [0.3, 0.4) is 0 Å². The Labute approximate surface area is 114 Å². The highest BCUT2D eigenvalue weighted by molar-refractivity contribution is 4.77. The maximum Gasteiger partial charge on any atom is 0.0695 e. The highest BCUT2D eigenvalue weighted by Crippen LogP contribution is 2.27. The first-order valence-electron chi connectivity index (χ1n) is 7.89. The summed E-state index contributed by atoms with van der Waals surface area (Å²) in [5.74, 6) is 1.92. The van der Waals surface area contributed by atoms with Gasteiger partial charge in [0, 0.05) is 19.6 Å². The summed E-state index contributed by atoms with van der Waals surface area (Å²) in [5.41, 5.74) is 0. The highest BCUT2D eigenvalue weighted by Gasteiger charge is 2.24. The third-order valence-electron chi connectivity index (χ3n) is 3.89. The summed E-state index contributed by atoms with van der Waals surface area (Å²) < 4.78 is 0. The van der Waals surface area contributed by atoms with Crippen LogP contribution in [0, 0.1) is 17.8 Å². The van der Waals surface area contributed by atoms with Gasteiger partial charge in [-0.05, 0) is 30.6 Å². The molecule has 0 heterocycles. The van der Waals surface area contributed by atoms with Crippen molar-refractivity contribution in [2.24, 2.45) is 17.8 Å². The van der Waals surface area contributed by atoms with E-state index in [9.17, 15) is 5.11 Å². The Bertz CT molecular complexity index is 199. The summed E-state index contributed by atoms with van der Waals surface area (Å²) >= 11 is 0. The number of rotatable bonds is 7. The Morgan fingerprint density at radius 2 is 1.39 bits per heavy atom. The van der Waals surface area contributed by atoms with E-state index in [1.807, 2.05) is 0 Å². The third-order valence-corrected chi connectivity index (χ3v) is 3.89. The topological polar surface area (TPSA) is 23.5 Å². The molecule has 1 aliphatic rings. The molecule has 0 aromatic rings. The average molecular weight is 255 g/mol. The SMILES string of the molecule is CC(C)CN(CC(C)C)CC(O)C1CCCCC1. The first kappa shape index (κ1) is 16.0. The van der Waals surface area contributed by atoms with Gasteiger partial charge in [0.2, 0.25) is 0 Å². The monoisotopic (exact) mass is 255 g/mol. The molecular weight excluding hydrogens is 222 g/mol. The van der Waals surface area contributed by atoms with Gasteiger partial charge < -0.3 is 10.0 Å². The molecule has 0 amide bonds. The summed E-state index contributed by atoms with van der Waals surface area (Å²) in [5, 5.41) is 10.4. The fraction of sp³-hybridized carbons (Fsp3) is 1.00. The summed E-state index contributed by atoms with van der Waals surface area (Å²) in [6.07, 6.45) is 6.36. The van der Waals surface area contributed by atoms with Gasteiger partial charge >= 0.3 is 0 Å². The zero-order chi connectivity index (χ0) is 13.5. The summed E-state index contributed by atoms with van der Waals surface area (Å²) in [6.45, 7) is 12.2. The van der Waals surface area contributed by atoms with Crippen LogP contribution in [0.1, 0.15) is 59.8 Å². The van der Waals surface area contributed by atoms with Gasteiger partial charge in [0.15, 0.2) is 0 Å². The van der Waals surface area contributed by atoms with E-state index in [1.165, 1.54) is 32.1 Å². The number of aliphatic hydroxyl groups excluding tert-OH is 1. The lowest BCUT2D eigenvalue weighted by Gasteiger charge is -2.33. The molecule has 0 radical (unpaired) electrons. The molecule has 0 bridgehead atoms. The molecule has 0 aromatic heterocycles. The Kier molecular flexibility index (Phi) is 7.25. The van der Waals surface area contributed by atoms with E-state index >= 15 is 0 Å². The zero-order valence-corrected chi connectivity index (χ0v) is 12.9. The van der Waals surface area contributed by atoms with Crippen molar-refractivity contribution in [1.29, 1.82) is 0 Å². The van der Waals surface area contributed by atoms with E-state index in [0.717, 1.165) is 19.6 Å². The van der Waals surface area contributed by atoms with E-state index in [4.69, 9.17) is 0 Å². The molecule has 0 aliphatic heterocycles. The molecule has 2 nitrogen and oxygen atoms in total. The van der Waals surface area contributed by atoms with Gasteiger partial charge in [0.1, 0.15) is 0 Å². The van der Waals surface area contributed by atoms with Crippen LogP contribution in [0.15, 0.2) is 0 Å². The van der Waals surface area contributed by atoms with Gasteiger partial charge in [0.05, 0.1) is 6.10 Å². The van der Waals surface area contributed by atoms with Gasteiger partial charge in [-0.1, -0.05) is 47.0 Å². The molecule has 0 spiro atoms. The van der Waals surface area contributed by atoms with Crippen LogP contribution in [0.5, 0.6) is 0 Å². The number of hydrogen-bond acceptors (Lipinski definition) is 2. The first-order chi connectivity index (χ1) is 8.49. The van der Waals surface area contributed by atoms with Gasteiger partial charge in [-0.15, -0.1) is 0 Å². The maximum atomic E-state index is 10.4. The van der Waals surface area contributed by atoms with Crippen molar-refractivity contribution in [1.82, 2.24) is 4.90 Å². The molecular formula is C16H33NO. The van der Waals surface area contributed by atoms with Crippen LogP contribution < -0.4 is 0 Å². The number of hydrogen-bond donors (Lipinski definition) is 1. The van der Waals surface area contributed by atoms with Crippen molar-refractivity contribution in [3.8, 4) is 0 Å². The lowest BCUT2D eigenvalue weighted by atomic mass is 9.85. The second kappa shape index (κ2) is 8.16. The van der Waals surface area contributed by atoms with E-state index in [0.29, 0.717) is 17.8 Å². The minimum Gasteiger partial charge on any atom is -0.392 e. The van der Waals surface area contributed by atoms with E-state index in [2.05, 4.69) is 32.6 Å². The summed E-state index contributed by atoms with van der Waals surface area (Å²) in [6, 6.07) is 0. The molecule has 18 heavy (non-hydrogen) atoms. The molecule has 108 valence electrons. The van der Waals surface area contributed by atoms with Crippen molar-refractivity contribution in [2.75, 3.05) is 19.6 Å². The van der Waals surface area contributed by atoms with Crippen LogP contribution in [-0.4, -0.2) is 35.7 Å². The van der Waals surface area contributed by atoms with Gasteiger partial charge in [-0.2, -0.15) is 0 Å². The molecule has 0 aromatic carbocycles. The van der Waals surface area contributed by atoms with Crippen molar-refractivity contribution >= 4 is 0 Å². The molecule has 0 saturated heterocycles. The van der Waals surface area contributed by atoms with E-state index < -0.39 is 0 Å². The minimum atomic E-state index is -0.109. The fourth-order valence-electron chi connectivity index (χ4n) is 3.19. The smallest absolute Gasteiger partial charge is 0.0695 e. The molecule has 1 rings (SSSR count). The standard InChI is InChI=1S/C16H33NO/c1-13(2)10-17(11-14(3)4)12-16(18)15-8-6-5-7-9-15/h13-16,18H,5-12H2,1-4H3. The molecule has 1 atom stereocenters. The summed E-state index contributed by atoms with van der Waals surface area (Å²) in [4.78, 5) is 2.47. The maximum absolute atomic E-state index is 10.4. The van der Waals surface area contributed by atoms with Gasteiger partial charge in [-0.25, -0.2) is 0 Å². The van der Waals surface area contributed by atoms with Crippen LogP contribution >= 0.6 is 0 Å². The summed E-state index contributed by atoms with van der Waals surface area (Å²) in [7, 11) is 0.